The summed E-state index contributed by atoms with van der Waals surface area (Å²) in [6.07, 6.45) is 0. The molecule has 0 aliphatic carbocycles. The van der Waals surface area contributed by atoms with E-state index in [4.69, 9.17) is 22.1 Å². The van der Waals surface area contributed by atoms with Crippen LogP contribution in [0.25, 0.3) is 11.3 Å². The Morgan fingerprint density at radius 3 is 2.84 bits per heavy atom. The number of ether oxygens (including phenoxy) is 1. The summed E-state index contributed by atoms with van der Waals surface area (Å²) in [6, 6.07) is 9.07. The number of nitrogens with two attached hydrogens (primary N) is 1. The van der Waals surface area contributed by atoms with Gasteiger partial charge in [-0.2, -0.15) is 10.2 Å². The number of nitrogen functional groups attached to an aromatic ring is 1. The van der Waals surface area contributed by atoms with Gasteiger partial charge in [-0.1, -0.05) is 23.7 Å². The molecule has 2 N–H and O–H groups in total. The highest BCUT2D eigenvalue weighted by Gasteiger charge is 2.16. The first-order chi connectivity index (χ1) is 9.15. The first kappa shape index (κ1) is 13.1. The summed E-state index contributed by atoms with van der Waals surface area (Å²) >= 11 is 5.94. The van der Waals surface area contributed by atoms with Crippen LogP contribution in [0, 0.1) is 11.3 Å². The molecule has 0 saturated heterocycles. The molecule has 2 aromatic rings. The van der Waals surface area contributed by atoms with Gasteiger partial charge in [0.1, 0.15) is 11.6 Å². The van der Waals surface area contributed by atoms with Gasteiger partial charge in [0, 0.05) is 10.6 Å². The van der Waals surface area contributed by atoms with Crippen molar-refractivity contribution in [3.63, 3.8) is 0 Å². The van der Waals surface area contributed by atoms with E-state index in [-0.39, 0.29) is 17.4 Å². The molecule has 6 heteroatoms. The zero-order valence-electron chi connectivity index (χ0n) is 10.2. The van der Waals surface area contributed by atoms with Crippen molar-refractivity contribution in [2.75, 3.05) is 12.3 Å². The summed E-state index contributed by atoms with van der Waals surface area (Å²) in [4.78, 5) is 8.04. The van der Waals surface area contributed by atoms with Gasteiger partial charge in [0.05, 0.1) is 12.3 Å². The Bertz CT molecular complexity index is 652. The minimum atomic E-state index is 0.0532. The third-order valence-corrected chi connectivity index (χ3v) is 2.62. The number of hydrogen-bond donors (Lipinski definition) is 1. The van der Waals surface area contributed by atoms with E-state index in [0.29, 0.717) is 22.9 Å². The summed E-state index contributed by atoms with van der Waals surface area (Å²) in [5.74, 6) is 0.241. The summed E-state index contributed by atoms with van der Waals surface area (Å²) in [5, 5.41) is 9.82. The molecule has 1 aromatic heterocycles. The molecule has 5 nitrogen and oxygen atoms in total. The first-order valence-electron chi connectivity index (χ1n) is 5.62. The molecule has 0 aliphatic heterocycles. The number of benzene rings is 1. The maximum absolute atomic E-state index is 9.26. The zero-order valence-corrected chi connectivity index (χ0v) is 11.0. The second-order valence-electron chi connectivity index (χ2n) is 3.67. The van der Waals surface area contributed by atoms with Gasteiger partial charge < -0.3 is 10.5 Å². The lowest BCUT2D eigenvalue weighted by Crippen LogP contribution is -2.05. The quantitative estimate of drug-likeness (QED) is 0.930. The van der Waals surface area contributed by atoms with Gasteiger partial charge in [0.2, 0.25) is 11.8 Å². The Labute approximate surface area is 115 Å². The fourth-order valence-electron chi connectivity index (χ4n) is 1.64. The predicted molar refractivity (Wildman–Crippen MR) is 72.8 cm³/mol. The third-order valence-electron chi connectivity index (χ3n) is 2.38. The summed E-state index contributed by atoms with van der Waals surface area (Å²) in [5.41, 5.74) is 7.00. The van der Waals surface area contributed by atoms with Gasteiger partial charge in [-0.05, 0) is 19.1 Å². The van der Waals surface area contributed by atoms with Crippen LogP contribution in [0.3, 0.4) is 0 Å². The number of nitriles is 1. The molecule has 0 saturated carbocycles. The molecule has 1 aromatic carbocycles. The lowest BCUT2D eigenvalue weighted by atomic mass is 10.1. The van der Waals surface area contributed by atoms with Gasteiger partial charge in [-0.25, -0.2) is 4.98 Å². The number of nitrogens with zero attached hydrogens (tertiary/aromatic N) is 3. The molecule has 19 heavy (non-hydrogen) atoms. The van der Waals surface area contributed by atoms with Crippen molar-refractivity contribution >= 4 is 17.5 Å². The van der Waals surface area contributed by atoms with Gasteiger partial charge >= 0.3 is 0 Å². The van der Waals surface area contributed by atoms with Crippen LogP contribution < -0.4 is 10.5 Å². The van der Waals surface area contributed by atoms with Crippen LogP contribution in [0.1, 0.15) is 12.5 Å². The van der Waals surface area contributed by atoms with Gasteiger partial charge in [-0.3, -0.25) is 0 Å². The van der Waals surface area contributed by atoms with E-state index in [2.05, 4.69) is 9.97 Å². The zero-order chi connectivity index (χ0) is 13.8. The normalized spacial score (nSPS) is 9.95. The Morgan fingerprint density at radius 1 is 1.42 bits per heavy atom. The Hall–Kier alpha value is -2.32. The average molecular weight is 275 g/mol. The Kier molecular flexibility index (Phi) is 3.83. The molecule has 0 unspecified atom stereocenters. The topological polar surface area (TPSA) is 84.8 Å². The number of hydrogen-bond acceptors (Lipinski definition) is 5. The molecule has 0 amide bonds. The van der Waals surface area contributed by atoms with E-state index in [1.54, 1.807) is 31.2 Å². The van der Waals surface area contributed by atoms with E-state index in [9.17, 15) is 5.26 Å². The molecular weight excluding hydrogens is 264 g/mol. The third kappa shape index (κ3) is 2.75. The minimum Gasteiger partial charge on any atom is -0.477 e. The van der Waals surface area contributed by atoms with Crippen molar-refractivity contribution in [3.05, 3.63) is 34.9 Å². The molecule has 0 fully saturated rings. The minimum absolute atomic E-state index is 0.0532. The largest absolute Gasteiger partial charge is 0.477 e. The van der Waals surface area contributed by atoms with E-state index in [1.165, 1.54) is 0 Å². The highest BCUT2D eigenvalue weighted by Crippen LogP contribution is 2.29. The lowest BCUT2D eigenvalue weighted by Gasteiger charge is -2.09. The standard InChI is InChI=1S/C13H11ClN4O/c1-2-19-12-10(7-15)11(17-13(16)18-12)8-4-3-5-9(14)6-8/h3-6H,2H2,1H3,(H2,16,17,18). The number of halogens is 1. The lowest BCUT2D eigenvalue weighted by molar-refractivity contribution is 0.326. The molecule has 0 spiro atoms. The van der Waals surface area contributed by atoms with Gasteiger partial charge in [0.15, 0.2) is 0 Å². The van der Waals surface area contributed by atoms with Crippen LogP contribution in [0.15, 0.2) is 24.3 Å². The van der Waals surface area contributed by atoms with Crippen LogP contribution in [-0.2, 0) is 0 Å². The monoisotopic (exact) mass is 274 g/mol. The fraction of sp³-hybridized carbons (Fsp3) is 0.154. The molecule has 0 atom stereocenters. The molecular formula is C13H11ClN4O. The highest BCUT2D eigenvalue weighted by atomic mass is 35.5. The second-order valence-corrected chi connectivity index (χ2v) is 4.10. The highest BCUT2D eigenvalue weighted by molar-refractivity contribution is 6.30. The molecule has 0 radical (unpaired) electrons. The number of aromatic nitrogens is 2. The number of rotatable bonds is 3. The van der Waals surface area contributed by atoms with E-state index in [1.807, 2.05) is 6.07 Å². The van der Waals surface area contributed by atoms with E-state index < -0.39 is 0 Å². The average Bonchev–Trinajstić information content (AvgIpc) is 2.38. The van der Waals surface area contributed by atoms with Crippen molar-refractivity contribution in [3.8, 4) is 23.2 Å². The Balaban J connectivity index is 2.66. The van der Waals surface area contributed by atoms with E-state index >= 15 is 0 Å². The molecule has 0 aliphatic rings. The van der Waals surface area contributed by atoms with Crippen LogP contribution in [0.2, 0.25) is 5.02 Å². The van der Waals surface area contributed by atoms with Crippen molar-refractivity contribution in [2.45, 2.75) is 6.92 Å². The summed E-state index contributed by atoms with van der Waals surface area (Å²) < 4.78 is 5.31. The van der Waals surface area contributed by atoms with Crippen LogP contribution in [0.4, 0.5) is 5.95 Å². The number of anilines is 1. The predicted octanol–water partition coefficient (Wildman–Crippen LogP) is 2.65. The van der Waals surface area contributed by atoms with Crippen LogP contribution in [0.5, 0.6) is 5.88 Å². The summed E-state index contributed by atoms with van der Waals surface area (Å²) in [6.45, 7) is 2.19. The molecule has 1 heterocycles. The molecule has 96 valence electrons. The smallest absolute Gasteiger partial charge is 0.237 e. The van der Waals surface area contributed by atoms with Gasteiger partial charge in [-0.15, -0.1) is 0 Å². The van der Waals surface area contributed by atoms with Crippen molar-refractivity contribution in [1.29, 1.82) is 5.26 Å². The second kappa shape index (κ2) is 5.55. The van der Waals surface area contributed by atoms with Crippen LogP contribution >= 0.6 is 11.6 Å². The van der Waals surface area contributed by atoms with Gasteiger partial charge in [0.25, 0.3) is 0 Å². The van der Waals surface area contributed by atoms with Crippen molar-refractivity contribution < 1.29 is 4.74 Å². The van der Waals surface area contributed by atoms with Crippen molar-refractivity contribution in [2.24, 2.45) is 0 Å². The summed E-state index contributed by atoms with van der Waals surface area (Å²) in [7, 11) is 0. The van der Waals surface area contributed by atoms with Crippen molar-refractivity contribution in [1.82, 2.24) is 9.97 Å². The SMILES string of the molecule is CCOc1nc(N)nc(-c2cccc(Cl)c2)c1C#N. The Morgan fingerprint density at radius 2 is 2.21 bits per heavy atom. The maximum Gasteiger partial charge on any atom is 0.237 e. The fourth-order valence-corrected chi connectivity index (χ4v) is 1.83. The molecule has 0 bridgehead atoms. The maximum atomic E-state index is 9.26. The van der Waals surface area contributed by atoms with Crippen LogP contribution in [-0.4, -0.2) is 16.6 Å². The molecule has 2 rings (SSSR count). The first-order valence-corrected chi connectivity index (χ1v) is 5.99. The van der Waals surface area contributed by atoms with E-state index in [0.717, 1.165) is 0 Å².